The summed E-state index contributed by atoms with van der Waals surface area (Å²) >= 11 is 0. The summed E-state index contributed by atoms with van der Waals surface area (Å²) in [6.45, 7) is 3.52. The van der Waals surface area contributed by atoms with Gasteiger partial charge in [-0.25, -0.2) is 0 Å². The molecule has 2 N–H and O–H groups in total. The molecule has 1 aliphatic carbocycles. The van der Waals surface area contributed by atoms with E-state index < -0.39 is 0 Å². The molecule has 2 aliphatic heterocycles. The average Bonchev–Trinajstić information content (AvgIpc) is 2.75. The molecule has 0 unspecified atom stereocenters. The van der Waals surface area contributed by atoms with Crippen molar-refractivity contribution in [3.63, 3.8) is 0 Å². The van der Waals surface area contributed by atoms with E-state index in [9.17, 15) is 14.4 Å². The van der Waals surface area contributed by atoms with Gasteiger partial charge >= 0.3 is 5.97 Å². The Bertz CT molecular complexity index is 560. The van der Waals surface area contributed by atoms with Gasteiger partial charge in [0.05, 0.1) is 7.11 Å². The quantitative estimate of drug-likeness (QED) is 0.656. The van der Waals surface area contributed by atoms with Crippen molar-refractivity contribution in [2.75, 3.05) is 33.3 Å². The van der Waals surface area contributed by atoms with Crippen LogP contribution in [0.25, 0.3) is 0 Å². The Morgan fingerprint density at radius 1 is 0.897 bits per heavy atom. The molecule has 0 atom stereocenters. The number of hydrogen-bond donors (Lipinski definition) is 2. The predicted octanol–water partition coefficient (Wildman–Crippen LogP) is 1.85. The Balaban J connectivity index is 1.34. The van der Waals surface area contributed by atoms with Gasteiger partial charge in [0.25, 0.3) is 0 Å². The summed E-state index contributed by atoms with van der Waals surface area (Å²) < 4.78 is 4.75. The lowest BCUT2D eigenvalue weighted by Crippen LogP contribution is -2.45. The highest BCUT2D eigenvalue weighted by Crippen LogP contribution is 2.29. The summed E-state index contributed by atoms with van der Waals surface area (Å²) in [5, 5.41) is 6.54. The molecular weight excluding hydrogens is 370 g/mol. The summed E-state index contributed by atoms with van der Waals surface area (Å²) in [6.07, 6.45) is 8.54. The number of amides is 2. The summed E-state index contributed by atoms with van der Waals surface area (Å²) in [6, 6.07) is 0.221. The van der Waals surface area contributed by atoms with Gasteiger partial charge in [0.15, 0.2) is 0 Å². The molecule has 1 saturated carbocycles. The zero-order valence-electron chi connectivity index (χ0n) is 17.8. The minimum absolute atomic E-state index is 0.0877. The lowest BCUT2D eigenvalue weighted by Gasteiger charge is -2.36. The minimum Gasteiger partial charge on any atom is -0.469 e. The van der Waals surface area contributed by atoms with Crippen LogP contribution in [0.1, 0.15) is 64.2 Å². The fraction of sp³-hybridized carbons (Fsp3) is 0.864. The van der Waals surface area contributed by atoms with E-state index in [1.165, 1.54) is 7.11 Å². The van der Waals surface area contributed by atoms with Gasteiger partial charge in [0.1, 0.15) is 0 Å². The number of piperidine rings is 2. The van der Waals surface area contributed by atoms with Crippen molar-refractivity contribution >= 4 is 17.8 Å². The number of rotatable bonds is 6. The third-order valence-electron chi connectivity index (χ3n) is 6.98. The molecule has 3 fully saturated rings. The lowest BCUT2D eigenvalue weighted by molar-refractivity contribution is -0.142. The van der Waals surface area contributed by atoms with Crippen molar-refractivity contribution in [2.45, 2.75) is 70.3 Å². The number of esters is 1. The zero-order chi connectivity index (χ0) is 20.6. The van der Waals surface area contributed by atoms with Crippen LogP contribution in [0.2, 0.25) is 0 Å². The second-order valence-electron chi connectivity index (χ2n) is 9.06. The summed E-state index contributed by atoms with van der Waals surface area (Å²) in [4.78, 5) is 38.6. The Hall–Kier alpha value is -1.63. The molecule has 164 valence electrons. The molecule has 2 heterocycles. The van der Waals surface area contributed by atoms with E-state index in [1.54, 1.807) is 0 Å². The van der Waals surface area contributed by atoms with Crippen LogP contribution in [0, 0.1) is 17.8 Å². The van der Waals surface area contributed by atoms with Crippen LogP contribution in [-0.2, 0) is 19.1 Å². The van der Waals surface area contributed by atoms with E-state index in [0.29, 0.717) is 24.7 Å². The normalized spacial score (nSPS) is 26.7. The number of hydrogen-bond acceptors (Lipinski definition) is 5. The molecule has 0 spiro atoms. The molecule has 2 saturated heterocycles. The Kier molecular flexibility index (Phi) is 8.33. The first-order chi connectivity index (χ1) is 14.0. The fourth-order valence-corrected chi connectivity index (χ4v) is 5.05. The molecule has 0 aromatic heterocycles. The van der Waals surface area contributed by atoms with E-state index >= 15 is 0 Å². The van der Waals surface area contributed by atoms with Gasteiger partial charge in [-0.1, -0.05) is 0 Å². The molecule has 0 bridgehead atoms. The third-order valence-corrected chi connectivity index (χ3v) is 6.98. The summed E-state index contributed by atoms with van der Waals surface area (Å²) in [7, 11) is 1.42. The maximum Gasteiger partial charge on any atom is 0.305 e. The molecule has 3 rings (SSSR count). The second-order valence-corrected chi connectivity index (χ2v) is 9.06. The molecule has 7 heteroatoms. The van der Waals surface area contributed by atoms with Crippen molar-refractivity contribution < 1.29 is 19.1 Å². The number of nitrogens with zero attached hydrogens (tertiary/aromatic N) is 1. The number of likely N-dealkylation sites (tertiary alicyclic amines) is 1. The first kappa shape index (κ1) is 22.1. The van der Waals surface area contributed by atoms with Crippen LogP contribution >= 0.6 is 0 Å². The maximum absolute atomic E-state index is 12.9. The van der Waals surface area contributed by atoms with Crippen LogP contribution in [0.3, 0.4) is 0 Å². The topological polar surface area (TPSA) is 87.7 Å². The fourth-order valence-electron chi connectivity index (χ4n) is 5.05. The van der Waals surface area contributed by atoms with Gasteiger partial charge in [0, 0.05) is 37.9 Å². The smallest absolute Gasteiger partial charge is 0.305 e. The van der Waals surface area contributed by atoms with Crippen molar-refractivity contribution in [3.8, 4) is 0 Å². The summed E-state index contributed by atoms with van der Waals surface area (Å²) in [5.41, 5.74) is 0. The highest BCUT2D eigenvalue weighted by Gasteiger charge is 2.32. The summed E-state index contributed by atoms with van der Waals surface area (Å²) in [5.74, 6) is 1.22. The zero-order valence-corrected chi connectivity index (χ0v) is 17.8. The molecule has 3 aliphatic rings. The van der Waals surface area contributed by atoms with E-state index in [2.05, 4.69) is 10.6 Å². The molecule has 2 amide bonds. The molecule has 0 aromatic carbocycles. The van der Waals surface area contributed by atoms with Gasteiger partial charge in [-0.3, -0.25) is 14.4 Å². The molecule has 0 radical (unpaired) electrons. The number of nitrogens with one attached hydrogen (secondary N) is 2. The number of methoxy groups -OCH3 is 1. The monoisotopic (exact) mass is 407 g/mol. The van der Waals surface area contributed by atoms with Crippen LogP contribution in [-0.4, -0.2) is 62.0 Å². The van der Waals surface area contributed by atoms with Gasteiger partial charge in [0.2, 0.25) is 11.8 Å². The van der Waals surface area contributed by atoms with Gasteiger partial charge in [-0.2, -0.15) is 0 Å². The van der Waals surface area contributed by atoms with E-state index in [-0.39, 0.29) is 29.7 Å². The molecule has 0 aromatic rings. The number of ether oxygens (including phenoxy) is 1. The average molecular weight is 408 g/mol. The lowest BCUT2D eigenvalue weighted by atomic mass is 9.84. The Morgan fingerprint density at radius 3 is 2.14 bits per heavy atom. The Labute approximate surface area is 174 Å². The first-order valence-corrected chi connectivity index (χ1v) is 11.4. The minimum atomic E-state index is -0.157. The second kappa shape index (κ2) is 11.0. The van der Waals surface area contributed by atoms with Crippen LogP contribution in [0.5, 0.6) is 0 Å². The molecule has 7 nitrogen and oxygen atoms in total. The van der Waals surface area contributed by atoms with Crippen LogP contribution < -0.4 is 10.6 Å². The van der Waals surface area contributed by atoms with Crippen molar-refractivity contribution in [2.24, 2.45) is 17.8 Å². The highest BCUT2D eigenvalue weighted by atomic mass is 16.5. The Morgan fingerprint density at radius 2 is 1.52 bits per heavy atom. The number of carbonyl (C=O) groups excluding carboxylic acids is 3. The third kappa shape index (κ3) is 6.69. The number of carbonyl (C=O) groups is 3. The highest BCUT2D eigenvalue weighted by molar-refractivity contribution is 5.79. The van der Waals surface area contributed by atoms with Crippen molar-refractivity contribution in [1.82, 2.24) is 15.5 Å². The van der Waals surface area contributed by atoms with Crippen LogP contribution in [0.15, 0.2) is 0 Å². The standard InChI is InChI=1S/C22H37N3O4/c1-29-21(27)15-17-8-12-25(13-9-17)22(28)18-2-4-19(5-3-18)24-20(26)14-16-6-10-23-11-7-16/h16-19,23H,2-15H2,1H3,(H,24,26). The first-order valence-electron chi connectivity index (χ1n) is 11.4. The van der Waals surface area contributed by atoms with Gasteiger partial charge in [-0.15, -0.1) is 0 Å². The predicted molar refractivity (Wildman–Crippen MR) is 110 cm³/mol. The van der Waals surface area contributed by atoms with Gasteiger partial charge in [-0.05, 0) is 76.3 Å². The molecule has 29 heavy (non-hydrogen) atoms. The maximum atomic E-state index is 12.9. The van der Waals surface area contributed by atoms with E-state index in [0.717, 1.165) is 77.5 Å². The van der Waals surface area contributed by atoms with E-state index in [1.807, 2.05) is 4.90 Å². The van der Waals surface area contributed by atoms with Crippen molar-refractivity contribution in [3.05, 3.63) is 0 Å². The largest absolute Gasteiger partial charge is 0.469 e. The van der Waals surface area contributed by atoms with Crippen LogP contribution in [0.4, 0.5) is 0 Å². The molecular formula is C22H37N3O4. The van der Waals surface area contributed by atoms with E-state index in [4.69, 9.17) is 4.74 Å². The SMILES string of the molecule is COC(=O)CC1CCN(C(=O)C2CCC(NC(=O)CC3CCNCC3)CC2)CC1. The van der Waals surface area contributed by atoms with Gasteiger partial charge < -0.3 is 20.3 Å². The van der Waals surface area contributed by atoms with Crippen molar-refractivity contribution in [1.29, 1.82) is 0 Å².